The molecule has 278 valence electrons. The lowest BCUT2D eigenvalue weighted by atomic mass is 9.95. The van der Waals surface area contributed by atoms with Crippen LogP contribution < -0.4 is 21.7 Å². The molecule has 6 N–H and O–H groups in total. The zero-order chi connectivity index (χ0) is 36.6. The summed E-state index contributed by atoms with van der Waals surface area (Å²) in [7, 11) is 0. The molecular formula is C40H62N4O6. The van der Waals surface area contributed by atoms with Crippen molar-refractivity contribution in [3.05, 3.63) is 58.7 Å². The number of hydrazine groups is 2. The van der Waals surface area contributed by atoms with Gasteiger partial charge in [0.05, 0.1) is 11.1 Å². The molecule has 10 nitrogen and oxygen atoms in total. The van der Waals surface area contributed by atoms with Gasteiger partial charge in [0.1, 0.15) is 11.5 Å². The molecule has 1 atom stereocenters. The molecule has 1 unspecified atom stereocenters. The van der Waals surface area contributed by atoms with Gasteiger partial charge in [-0.15, -0.1) is 0 Å². The molecule has 0 aromatic heterocycles. The molecule has 0 saturated carbocycles. The minimum absolute atomic E-state index is 0.0337. The standard InChI is InChI=1S/C40H62N4O6/c1-4-7-10-13-16-21-30-24-19-26-33(45)36(30)39(49)43-41-35(47)29-28-32(23-18-15-12-9-6-3)38(48)42-44-40(50)37-31(25-20-27-34(37)46)22-17-14-11-8-5-2/h19-20,24-27,32,45-46H,4-18,21-23,28-29H2,1-3H3,(H,41,47)(H,42,48)(H,43,49)(H,44,50). The maximum Gasteiger partial charge on any atom is 0.273 e. The predicted octanol–water partition coefficient (Wildman–Crippen LogP) is 8.10. The third-order valence-corrected chi connectivity index (χ3v) is 9.17. The highest BCUT2D eigenvalue weighted by Crippen LogP contribution is 2.25. The molecule has 0 spiro atoms. The van der Waals surface area contributed by atoms with Gasteiger partial charge in [0.25, 0.3) is 11.8 Å². The van der Waals surface area contributed by atoms with Crippen LogP contribution in [0.4, 0.5) is 0 Å². The van der Waals surface area contributed by atoms with Crippen molar-refractivity contribution in [1.82, 2.24) is 21.7 Å². The van der Waals surface area contributed by atoms with Crippen molar-refractivity contribution >= 4 is 23.6 Å². The Morgan fingerprint density at radius 1 is 0.540 bits per heavy atom. The van der Waals surface area contributed by atoms with Gasteiger partial charge in [-0.05, 0) is 61.8 Å². The van der Waals surface area contributed by atoms with Crippen molar-refractivity contribution in [3.8, 4) is 11.5 Å². The topological polar surface area (TPSA) is 157 Å². The van der Waals surface area contributed by atoms with Crippen LogP contribution in [0.1, 0.15) is 168 Å². The Hall–Kier alpha value is -4.08. The zero-order valence-corrected chi connectivity index (χ0v) is 30.7. The number of hydrogen-bond acceptors (Lipinski definition) is 6. The lowest BCUT2D eigenvalue weighted by molar-refractivity contribution is -0.127. The Morgan fingerprint density at radius 2 is 0.980 bits per heavy atom. The molecule has 2 rings (SSSR count). The fourth-order valence-corrected chi connectivity index (χ4v) is 6.19. The summed E-state index contributed by atoms with van der Waals surface area (Å²) in [6.07, 6.45) is 17.7. The van der Waals surface area contributed by atoms with Crippen LogP contribution in [0.25, 0.3) is 0 Å². The third kappa shape index (κ3) is 15.6. The molecule has 10 heteroatoms. The number of aryl methyl sites for hydroxylation is 2. The first-order valence-corrected chi connectivity index (χ1v) is 19.0. The van der Waals surface area contributed by atoms with Crippen molar-refractivity contribution < 1.29 is 29.4 Å². The van der Waals surface area contributed by atoms with E-state index in [1.54, 1.807) is 12.1 Å². The highest BCUT2D eigenvalue weighted by molar-refractivity contribution is 6.00. The second-order valence-electron chi connectivity index (χ2n) is 13.3. The highest BCUT2D eigenvalue weighted by Gasteiger charge is 2.23. The Balaban J connectivity index is 1.97. The van der Waals surface area contributed by atoms with Gasteiger partial charge in [-0.2, -0.15) is 0 Å². The van der Waals surface area contributed by atoms with E-state index in [1.807, 2.05) is 12.1 Å². The number of benzene rings is 2. The lowest BCUT2D eigenvalue weighted by Crippen LogP contribution is -2.45. The maximum absolute atomic E-state index is 13.3. The van der Waals surface area contributed by atoms with Crippen molar-refractivity contribution in [2.24, 2.45) is 5.92 Å². The number of hydrogen-bond donors (Lipinski definition) is 6. The molecule has 0 fully saturated rings. The first-order chi connectivity index (χ1) is 24.2. The number of unbranched alkanes of at least 4 members (excludes halogenated alkanes) is 12. The van der Waals surface area contributed by atoms with E-state index in [1.165, 1.54) is 12.1 Å². The molecule has 0 radical (unpaired) electrons. The molecule has 0 heterocycles. The molecule has 2 aromatic rings. The number of aromatic hydroxyl groups is 2. The number of phenols is 2. The van der Waals surface area contributed by atoms with Gasteiger partial charge < -0.3 is 10.2 Å². The number of nitrogens with one attached hydrogen (secondary N) is 4. The monoisotopic (exact) mass is 694 g/mol. The van der Waals surface area contributed by atoms with E-state index in [9.17, 15) is 29.4 Å². The Bertz CT molecular complexity index is 1330. The SMILES string of the molecule is CCCCCCCc1cccc(O)c1C(=O)NNC(=O)CCC(CCCCCCC)C(=O)NNC(=O)c1c(O)cccc1CCCCCCC. The van der Waals surface area contributed by atoms with Gasteiger partial charge in [0.2, 0.25) is 11.8 Å². The van der Waals surface area contributed by atoms with Crippen LogP contribution in [0.2, 0.25) is 0 Å². The predicted molar refractivity (Wildman–Crippen MR) is 198 cm³/mol. The van der Waals surface area contributed by atoms with Gasteiger partial charge in [-0.25, -0.2) is 0 Å². The Labute approximate surface area is 299 Å². The summed E-state index contributed by atoms with van der Waals surface area (Å²) in [6, 6.07) is 9.97. The average molecular weight is 695 g/mol. The fourth-order valence-electron chi connectivity index (χ4n) is 6.19. The second kappa shape index (κ2) is 25.0. The van der Waals surface area contributed by atoms with Crippen LogP contribution >= 0.6 is 0 Å². The van der Waals surface area contributed by atoms with Gasteiger partial charge in [-0.3, -0.25) is 40.9 Å². The van der Waals surface area contributed by atoms with Crippen molar-refractivity contribution in [1.29, 1.82) is 0 Å². The van der Waals surface area contributed by atoms with Gasteiger partial charge in [0.15, 0.2) is 0 Å². The van der Waals surface area contributed by atoms with E-state index in [4.69, 9.17) is 0 Å². The summed E-state index contributed by atoms with van der Waals surface area (Å²) in [5, 5.41) is 20.9. The maximum atomic E-state index is 13.3. The fraction of sp³-hybridized carbons (Fsp3) is 0.600. The molecule has 0 saturated heterocycles. The van der Waals surface area contributed by atoms with Crippen LogP contribution in [-0.2, 0) is 22.4 Å². The smallest absolute Gasteiger partial charge is 0.273 e. The third-order valence-electron chi connectivity index (χ3n) is 9.17. The molecule has 4 amide bonds. The molecule has 50 heavy (non-hydrogen) atoms. The van der Waals surface area contributed by atoms with Crippen LogP contribution in [-0.4, -0.2) is 33.8 Å². The van der Waals surface area contributed by atoms with E-state index in [0.29, 0.717) is 19.3 Å². The van der Waals surface area contributed by atoms with Crippen molar-refractivity contribution in [2.75, 3.05) is 0 Å². The van der Waals surface area contributed by atoms with E-state index in [-0.39, 0.29) is 35.5 Å². The van der Waals surface area contributed by atoms with Crippen LogP contribution in [0, 0.1) is 5.92 Å². The van der Waals surface area contributed by atoms with E-state index in [0.717, 1.165) is 107 Å². The zero-order valence-electron chi connectivity index (χ0n) is 30.7. The molecule has 0 aliphatic rings. The van der Waals surface area contributed by atoms with E-state index in [2.05, 4.69) is 42.5 Å². The molecule has 0 aliphatic heterocycles. The number of carbonyl (C=O) groups excluding carboxylic acids is 4. The summed E-state index contributed by atoms with van der Waals surface area (Å²) in [5.74, 6) is -2.92. The normalized spacial score (nSPS) is 11.5. The molecule has 0 aliphatic carbocycles. The number of phenolic OH excluding ortho intramolecular Hbond substituents is 2. The highest BCUT2D eigenvalue weighted by atomic mass is 16.3. The average Bonchev–Trinajstić information content (AvgIpc) is 3.10. The summed E-state index contributed by atoms with van der Waals surface area (Å²) in [5.41, 5.74) is 11.6. The summed E-state index contributed by atoms with van der Waals surface area (Å²) in [4.78, 5) is 52.3. The molecule has 0 bridgehead atoms. The summed E-state index contributed by atoms with van der Waals surface area (Å²) < 4.78 is 0. The number of rotatable bonds is 24. The Morgan fingerprint density at radius 3 is 1.46 bits per heavy atom. The van der Waals surface area contributed by atoms with Crippen LogP contribution in [0.3, 0.4) is 0 Å². The number of amides is 4. The lowest BCUT2D eigenvalue weighted by Gasteiger charge is -2.18. The summed E-state index contributed by atoms with van der Waals surface area (Å²) >= 11 is 0. The van der Waals surface area contributed by atoms with Crippen molar-refractivity contribution in [2.45, 2.75) is 149 Å². The van der Waals surface area contributed by atoms with Crippen LogP contribution in [0.5, 0.6) is 11.5 Å². The molecule has 2 aromatic carbocycles. The van der Waals surface area contributed by atoms with Crippen molar-refractivity contribution in [3.63, 3.8) is 0 Å². The van der Waals surface area contributed by atoms with E-state index < -0.39 is 29.5 Å². The largest absolute Gasteiger partial charge is 0.507 e. The molecular weight excluding hydrogens is 632 g/mol. The van der Waals surface area contributed by atoms with Gasteiger partial charge in [0, 0.05) is 12.3 Å². The van der Waals surface area contributed by atoms with E-state index >= 15 is 0 Å². The quantitative estimate of drug-likeness (QED) is 0.0482. The minimum Gasteiger partial charge on any atom is -0.507 e. The second-order valence-corrected chi connectivity index (χ2v) is 13.3. The summed E-state index contributed by atoms with van der Waals surface area (Å²) in [6.45, 7) is 6.44. The van der Waals surface area contributed by atoms with Gasteiger partial charge in [-0.1, -0.05) is 129 Å². The Kier molecular flexibility index (Phi) is 21.0. The van der Waals surface area contributed by atoms with Crippen LogP contribution in [0.15, 0.2) is 36.4 Å². The minimum atomic E-state index is -0.600. The number of carbonyl (C=O) groups is 4. The first-order valence-electron chi connectivity index (χ1n) is 19.0. The first kappa shape index (κ1) is 42.1. The van der Waals surface area contributed by atoms with Gasteiger partial charge >= 0.3 is 0 Å².